The van der Waals surface area contributed by atoms with Gasteiger partial charge >= 0.3 is 18.0 Å². The van der Waals surface area contributed by atoms with E-state index in [1.165, 1.54) is 13.8 Å². The molecule has 1 amide bonds. The maximum atomic E-state index is 14.9. The van der Waals surface area contributed by atoms with Crippen molar-refractivity contribution in [3.63, 3.8) is 0 Å². The van der Waals surface area contributed by atoms with Crippen molar-refractivity contribution >= 4 is 15.7 Å². The predicted octanol–water partition coefficient (Wildman–Crippen LogP) is 6.00. The van der Waals surface area contributed by atoms with Gasteiger partial charge in [0.25, 0.3) is 0 Å². The Morgan fingerprint density at radius 3 is 2.07 bits per heavy atom. The van der Waals surface area contributed by atoms with Crippen molar-refractivity contribution in [2.24, 2.45) is 17.6 Å². The number of hydrogen-bond donors (Lipinski definition) is 2. The Balaban J connectivity index is 1.90. The quantitative estimate of drug-likeness (QED) is 0.304. The Bertz CT molecular complexity index is 1450. The van der Waals surface area contributed by atoms with Crippen molar-refractivity contribution in [1.29, 1.82) is 0 Å². The molecule has 2 aromatic carbocycles. The van der Waals surface area contributed by atoms with Gasteiger partial charge in [0.2, 0.25) is 5.91 Å². The number of halogens is 8. The van der Waals surface area contributed by atoms with Crippen LogP contribution in [0.25, 0.3) is 0 Å². The first-order valence-electron chi connectivity index (χ1n) is 13.2. The molecule has 0 radical (unpaired) electrons. The minimum Gasteiger partial charge on any atom is -0.352 e. The number of fused-ring (bicyclic) bond motifs is 3. The Morgan fingerprint density at radius 1 is 0.976 bits per heavy atom. The number of hydrogen-bond acceptors (Lipinski definition) is 4. The second-order valence-electron chi connectivity index (χ2n) is 11.7. The smallest absolute Gasteiger partial charge is 0.352 e. The molecule has 5 nitrogen and oxygen atoms in total. The van der Waals surface area contributed by atoms with E-state index >= 15 is 0 Å². The molecule has 232 valence electrons. The summed E-state index contributed by atoms with van der Waals surface area (Å²) in [6, 6.07) is 4.93. The van der Waals surface area contributed by atoms with E-state index in [9.17, 15) is 48.3 Å². The molecule has 0 saturated heterocycles. The summed E-state index contributed by atoms with van der Waals surface area (Å²) in [5.41, 5.74) is -2.95. The normalized spacial score (nSPS) is 24.1. The molecule has 0 heterocycles. The minimum absolute atomic E-state index is 0.00505. The van der Waals surface area contributed by atoms with Gasteiger partial charge in [0.05, 0.1) is 10.4 Å². The molecular formula is C28H30F8N2O3S. The Kier molecular flexibility index (Phi) is 7.79. The van der Waals surface area contributed by atoms with Gasteiger partial charge in [0.15, 0.2) is 9.84 Å². The van der Waals surface area contributed by atoms with Crippen LogP contribution in [0, 0.1) is 17.7 Å². The number of nitrogens with two attached hydrogens (primary N) is 1. The van der Waals surface area contributed by atoms with Gasteiger partial charge in [-0.3, -0.25) is 4.79 Å². The molecule has 0 bridgehead atoms. The number of benzene rings is 2. The lowest BCUT2D eigenvalue weighted by molar-refractivity contribution is -0.348. The van der Waals surface area contributed by atoms with Gasteiger partial charge in [0.1, 0.15) is 10.6 Å². The van der Waals surface area contributed by atoms with Crippen LogP contribution >= 0.6 is 0 Å². The number of rotatable bonds is 6. The van der Waals surface area contributed by atoms with Crippen LogP contribution in [0.5, 0.6) is 0 Å². The molecule has 0 spiro atoms. The van der Waals surface area contributed by atoms with E-state index < -0.39 is 73.3 Å². The highest BCUT2D eigenvalue weighted by molar-refractivity contribution is 7.92. The van der Waals surface area contributed by atoms with Crippen molar-refractivity contribution in [3.8, 4) is 0 Å². The van der Waals surface area contributed by atoms with Crippen LogP contribution in [-0.2, 0) is 31.5 Å². The molecule has 4 rings (SSSR count). The summed E-state index contributed by atoms with van der Waals surface area (Å²) in [5.74, 6) is -2.46. The summed E-state index contributed by atoms with van der Waals surface area (Å²) in [6.45, 7) is 4.63. The summed E-state index contributed by atoms with van der Waals surface area (Å²) < 4.78 is 137. The molecular weight excluding hydrogens is 596 g/mol. The Morgan fingerprint density at radius 2 is 1.55 bits per heavy atom. The van der Waals surface area contributed by atoms with Crippen molar-refractivity contribution in [3.05, 3.63) is 65.0 Å². The highest BCUT2D eigenvalue weighted by atomic mass is 32.2. The highest BCUT2D eigenvalue weighted by Gasteiger charge is 2.73. The fraction of sp³-hybridized carbons (Fsp3) is 0.536. The number of sulfone groups is 1. The van der Waals surface area contributed by atoms with Gasteiger partial charge in [0, 0.05) is 11.6 Å². The average molecular weight is 627 g/mol. The molecule has 14 heteroatoms. The predicted molar refractivity (Wildman–Crippen MR) is 137 cm³/mol. The second kappa shape index (κ2) is 10.2. The van der Waals surface area contributed by atoms with Gasteiger partial charge in [-0.15, -0.1) is 0 Å². The van der Waals surface area contributed by atoms with Crippen molar-refractivity contribution in [2.45, 2.75) is 85.7 Å². The third-order valence-electron chi connectivity index (χ3n) is 8.62. The molecule has 1 saturated carbocycles. The fourth-order valence-electron chi connectivity index (χ4n) is 6.52. The van der Waals surface area contributed by atoms with Crippen LogP contribution in [0.4, 0.5) is 35.1 Å². The van der Waals surface area contributed by atoms with Crippen molar-refractivity contribution in [2.75, 3.05) is 0 Å². The summed E-state index contributed by atoms with van der Waals surface area (Å²) in [5, 5.41) is 2.79. The lowest BCUT2D eigenvalue weighted by Gasteiger charge is -2.44. The van der Waals surface area contributed by atoms with Gasteiger partial charge in [-0.25, -0.2) is 17.2 Å². The molecule has 0 aliphatic heterocycles. The van der Waals surface area contributed by atoms with Crippen LogP contribution in [0.2, 0.25) is 0 Å². The van der Waals surface area contributed by atoms with Gasteiger partial charge < -0.3 is 11.1 Å². The third kappa shape index (κ3) is 4.87. The number of nitrogens with one attached hydrogen (secondary N) is 1. The van der Waals surface area contributed by atoms with Crippen LogP contribution in [0.3, 0.4) is 0 Å². The van der Waals surface area contributed by atoms with E-state index in [4.69, 9.17) is 5.73 Å². The first-order valence-corrected chi connectivity index (χ1v) is 14.6. The van der Waals surface area contributed by atoms with Crippen LogP contribution < -0.4 is 11.1 Å². The van der Waals surface area contributed by atoms with Gasteiger partial charge in [-0.05, 0) is 93.7 Å². The number of aryl methyl sites for hydroxylation is 1. The van der Waals surface area contributed by atoms with Crippen LogP contribution in [0.15, 0.2) is 47.4 Å². The van der Waals surface area contributed by atoms with Gasteiger partial charge in [-0.2, -0.15) is 26.3 Å². The van der Waals surface area contributed by atoms with Crippen molar-refractivity contribution < 1.29 is 48.3 Å². The summed E-state index contributed by atoms with van der Waals surface area (Å²) in [6.07, 6.45) is -12.7. The highest BCUT2D eigenvalue weighted by Crippen LogP contribution is 2.61. The zero-order valence-corrected chi connectivity index (χ0v) is 23.7. The van der Waals surface area contributed by atoms with E-state index in [2.05, 4.69) is 5.32 Å². The lowest BCUT2D eigenvalue weighted by Crippen LogP contribution is -2.54. The van der Waals surface area contributed by atoms with Crippen LogP contribution in [0.1, 0.15) is 56.7 Å². The first kappa shape index (κ1) is 32.2. The Labute approximate surface area is 237 Å². The molecule has 42 heavy (non-hydrogen) atoms. The molecule has 1 fully saturated rings. The Hall–Kier alpha value is -2.74. The third-order valence-corrected chi connectivity index (χ3v) is 11.2. The van der Waals surface area contributed by atoms with E-state index in [0.29, 0.717) is 12.1 Å². The topological polar surface area (TPSA) is 89.3 Å². The number of amides is 1. The summed E-state index contributed by atoms with van der Waals surface area (Å²) in [4.78, 5) is 12.3. The average Bonchev–Trinajstić information content (AvgIpc) is 3.28. The maximum Gasteiger partial charge on any atom is 0.435 e. The molecule has 2 aliphatic rings. The van der Waals surface area contributed by atoms with E-state index in [1.807, 2.05) is 0 Å². The zero-order chi connectivity index (χ0) is 31.7. The largest absolute Gasteiger partial charge is 0.435 e. The first-order chi connectivity index (χ1) is 19.1. The monoisotopic (exact) mass is 626 g/mol. The molecule has 0 aromatic heterocycles. The van der Waals surface area contributed by atoms with Gasteiger partial charge in [-0.1, -0.05) is 18.2 Å². The molecule has 2 aromatic rings. The molecule has 3 N–H and O–H groups in total. The van der Waals surface area contributed by atoms with E-state index in [1.54, 1.807) is 6.92 Å². The number of alkyl halides is 7. The SMILES string of the molecule is CC(NC(=O)C(C)(C)N)C1CC[C@@]2(S(=O)(=O)c3ccc(F)cc3)c3ccc(C(F)(C(F)(F)F)C(F)(F)F)cc3CC[C@@H]12. The molecule has 2 aliphatic carbocycles. The second-order valence-corrected chi connectivity index (χ2v) is 13.9. The molecule has 2 unspecified atom stereocenters. The van der Waals surface area contributed by atoms with E-state index in [-0.39, 0.29) is 41.7 Å². The molecule has 4 atom stereocenters. The maximum absolute atomic E-state index is 14.9. The van der Waals surface area contributed by atoms with Crippen molar-refractivity contribution in [1.82, 2.24) is 5.32 Å². The number of carbonyl (C=O) groups is 1. The standard InChI is InChI=1S/C28H30F8N2O3S/c1-15(38-23(39)24(2,3)37)20-12-13-25(42(40,41)19-8-6-18(29)7-9-19)21-11-5-17(14-16(21)4-10-22(20)25)26(30,27(31,32)33)28(34,35)36/h5-9,11,14-15,20,22H,4,10,12-13,37H2,1-3H3,(H,38,39)/t15?,20?,22-,25+/m0/s1. The summed E-state index contributed by atoms with van der Waals surface area (Å²) in [7, 11) is -4.46. The lowest BCUT2D eigenvalue weighted by atomic mass is 9.71. The fourth-order valence-corrected chi connectivity index (χ4v) is 9.00. The minimum atomic E-state index is -6.34. The van der Waals surface area contributed by atoms with E-state index in [0.717, 1.165) is 30.3 Å². The number of carbonyl (C=O) groups excluding carboxylic acids is 1. The summed E-state index contributed by atoms with van der Waals surface area (Å²) >= 11 is 0. The zero-order valence-electron chi connectivity index (χ0n) is 22.8. The van der Waals surface area contributed by atoms with Crippen LogP contribution in [-0.4, -0.2) is 38.3 Å².